The molecule has 0 spiro atoms. The third-order valence-electron chi connectivity index (χ3n) is 5.83. The molecular weight excluding hydrogens is 350 g/mol. The van der Waals surface area contributed by atoms with Crippen LogP contribution in [0.1, 0.15) is 54.8 Å². The molecule has 1 aromatic carbocycles. The fourth-order valence-corrected chi connectivity index (χ4v) is 4.23. The van der Waals surface area contributed by atoms with Crippen LogP contribution in [0.15, 0.2) is 47.6 Å². The Hall–Kier alpha value is -2.53. The summed E-state index contributed by atoms with van der Waals surface area (Å²) in [6, 6.07) is 12.0. The van der Waals surface area contributed by atoms with Gasteiger partial charge in [-0.1, -0.05) is 37.1 Å². The van der Waals surface area contributed by atoms with E-state index in [1.807, 2.05) is 37.4 Å². The number of carbonyl (C=O) groups excluding carboxylic acids is 1. The summed E-state index contributed by atoms with van der Waals surface area (Å²) < 4.78 is 0. The van der Waals surface area contributed by atoms with Gasteiger partial charge in [0, 0.05) is 18.3 Å². The fraction of sp³-hybridized carbons (Fsp3) is 0.435. The average Bonchev–Trinajstić information content (AvgIpc) is 2.71. The molecule has 1 aliphatic carbocycles. The molecule has 5 heteroatoms. The van der Waals surface area contributed by atoms with E-state index in [0.717, 1.165) is 49.0 Å². The number of nitrogens with one attached hydrogen (secondary N) is 1. The van der Waals surface area contributed by atoms with Gasteiger partial charge in [0.25, 0.3) is 5.91 Å². The van der Waals surface area contributed by atoms with Gasteiger partial charge in [-0.05, 0) is 55.4 Å². The van der Waals surface area contributed by atoms with E-state index in [1.165, 1.54) is 5.56 Å². The molecule has 5 nitrogen and oxygen atoms in total. The van der Waals surface area contributed by atoms with Crippen molar-refractivity contribution in [1.29, 1.82) is 0 Å². The summed E-state index contributed by atoms with van der Waals surface area (Å²) >= 11 is 0. The lowest BCUT2D eigenvalue weighted by atomic mass is 9.84. The Labute approximate surface area is 165 Å². The van der Waals surface area contributed by atoms with Crippen molar-refractivity contribution in [3.8, 4) is 0 Å². The summed E-state index contributed by atoms with van der Waals surface area (Å²) in [4.78, 5) is 22.0. The average molecular weight is 377 g/mol. The van der Waals surface area contributed by atoms with Gasteiger partial charge in [-0.15, -0.1) is 0 Å². The molecule has 2 N–H and O–H groups in total. The maximum Gasteiger partial charge on any atom is 0.266 e. The predicted octanol–water partition coefficient (Wildman–Crippen LogP) is 3.61. The Kier molecular flexibility index (Phi) is 5.53. The van der Waals surface area contributed by atoms with E-state index in [0.29, 0.717) is 12.1 Å². The molecule has 1 fully saturated rings. The molecule has 1 aliphatic heterocycles. The molecule has 4 rings (SSSR count). The molecule has 0 saturated heterocycles. The van der Waals surface area contributed by atoms with Gasteiger partial charge in [0.1, 0.15) is 5.71 Å². The van der Waals surface area contributed by atoms with Crippen LogP contribution in [0.2, 0.25) is 0 Å². The first-order chi connectivity index (χ1) is 13.6. The minimum absolute atomic E-state index is 0.146. The highest BCUT2D eigenvalue weighted by Crippen LogP contribution is 2.36. The van der Waals surface area contributed by atoms with Crippen molar-refractivity contribution in [1.82, 2.24) is 10.3 Å². The lowest BCUT2D eigenvalue weighted by molar-refractivity contribution is -0.116. The van der Waals surface area contributed by atoms with E-state index in [1.54, 1.807) is 0 Å². The molecule has 2 aliphatic rings. The molecule has 28 heavy (non-hydrogen) atoms. The third-order valence-corrected chi connectivity index (χ3v) is 5.83. The highest BCUT2D eigenvalue weighted by Gasteiger charge is 2.30. The topological polar surface area (TPSA) is 74.6 Å². The van der Waals surface area contributed by atoms with Crippen LogP contribution < -0.4 is 5.32 Å². The normalized spacial score (nSPS) is 24.2. The maximum atomic E-state index is 12.9. The number of aliphatic imine (C=N–C) groups is 1. The SMILES string of the molecule is Cc1ccc(CC2CC(C(=O)NC3CCCCC3O)=Nc3ccccc32)cn1. The molecule has 0 bridgehead atoms. The Morgan fingerprint density at radius 1 is 1.18 bits per heavy atom. The number of aryl methyl sites for hydroxylation is 1. The lowest BCUT2D eigenvalue weighted by Gasteiger charge is -2.30. The molecule has 146 valence electrons. The predicted molar refractivity (Wildman–Crippen MR) is 110 cm³/mol. The van der Waals surface area contributed by atoms with Crippen molar-refractivity contribution in [2.24, 2.45) is 4.99 Å². The third kappa shape index (κ3) is 4.14. The Morgan fingerprint density at radius 2 is 2.00 bits per heavy atom. The summed E-state index contributed by atoms with van der Waals surface area (Å²) in [6.07, 6.45) is 6.53. The number of hydrogen-bond donors (Lipinski definition) is 2. The van der Waals surface area contributed by atoms with Crippen molar-refractivity contribution in [2.75, 3.05) is 0 Å². The molecule has 0 radical (unpaired) electrons. The summed E-state index contributed by atoms with van der Waals surface area (Å²) in [5, 5.41) is 13.2. The zero-order chi connectivity index (χ0) is 19.5. The van der Waals surface area contributed by atoms with Crippen LogP contribution in [0.5, 0.6) is 0 Å². The Morgan fingerprint density at radius 3 is 2.79 bits per heavy atom. The highest BCUT2D eigenvalue weighted by molar-refractivity contribution is 6.40. The van der Waals surface area contributed by atoms with Gasteiger partial charge >= 0.3 is 0 Å². The number of aliphatic hydroxyl groups is 1. The van der Waals surface area contributed by atoms with Crippen molar-refractivity contribution < 1.29 is 9.90 Å². The van der Waals surface area contributed by atoms with Crippen molar-refractivity contribution >= 4 is 17.3 Å². The van der Waals surface area contributed by atoms with Crippen LogP contribution in [0.3, 0.4) is 0 Å². The summed E-state index contributed by atoms with van der Waals surface area (Å²) in [5.74, 6) is 0.0442. The number of para-hydroxylation sites is 1. The summed E-state index contributed by atoms with van der Waals surface area (Å²) in [7, 11) is 0. The second kappa shape index (κ2) is 8.23. The monoisotopic (exact) mass is 377 g/mol. The summed E-state index contributed by atoms with van der Waals surface area (Å²) in [6.45, 7) is 1.98. The van der Waals surface area contributed by atoms with Crippen molar-refractivity contribution in [2.45, 2.75) is 63.5 Å². The minimum Gasteiger partial charge on any atom is -0.391 e. The zero-order valence-corrected chi connectivity index (χ0v) is 16.3. The molecule has 1 aromatic heterocycles. The van der Waals surface area contributed by atoms with E-state index in [9.17, 15) is 9.90 Å². The number of pyridine rings is 1. The van der Waals surface area contributed by atoms with Gasteiger partial charge in [0.2, 0.25) is 0 Å². The van der Waals surface area contributed by atoms with Crippen LogP contribution in [0.4, 0.5) is 5.69 Å². The Bertz CT molecular complexity index is 876. The second-order valence-electron chi connectivity index (χ2n) is 7.96. The molecule has 1 amide bonds. The highest BCUT2D eigenvalue weighted by atomic mass is 16.3. The zero-order valence-electron chi connectivity index (χ0n) is 16.3. The van der Waals surface area contributed by atoms with Crippen LogP contribution >= 0.6 is 0 Å². The van der Waals surface area contributed by atoms with Crippen LogP contribution in [0.25, 0.3) is 0 Å². The van der Waals surface area contributed by atoms with Gasteiger partial charge < -0.3 is 10.4 Å². The molecule has 3 unspecified atom stereocenters. The number of hydrogen-bond acceptors (Lipinski definition) is 4. The number of aliphatic hydroxyl groups excluding tert-OH is 1. The van der Waals surface area contributed by atoms with E-state index >= 15 is 0 Å². The van der Waals surface area contributed by atoms with E-state index < -0.39 is 6.10 Å². The number of aromatic nitrogens is 1. The first kappa shape index (κ1) is 18.8. The fourth-order valence-electron chi connectivity index (χ4n) is 4.23. The van der Waals surface area contributed by atoms with E-state index in [-0.39, 0.29) is 17.9 Å². The Balaban J connectivity index is 1.54. The van der Waals surface area contributed by atoms with Gasteiger partial charge in [0.15, 0.2) is 0 Å². The number of fused-ring (bicyclic) bond motifs is 1. The van der Waals surface area contributed by atoms with Crippen LogP contribution in [-0.2, 0) is 11.2 Å². The minimum atomic E-state index is -0.455. The van der Waals surface area contributed by atoms with Gasteiger partial charge in [-0.25, -0.2) is 4.99 Å². The molecule has 1 saturated carbocycles. The van der Waals surface area contributed by atoms with E-state index in [4.69, 9.17) is 0 Å². The maximum absolute atomic E-state index is 12.9. The molecule has 2 heterocycles. The van der Waals surface area contributed by atoms with Gasteiger partial charge in [-0.3, -0.25) is 9.78 Å². The summed E-state index contributed by atoms with van der Waals surface area (Å²) in [5.41, 5.74) is 4.77. The number of rotatable bonds is 4. The van der Waals surface area contributed by atoms with Crippen LogP contribution in [-0.4, -0.2) is 33.9 Å². The molecule has 2 aromatic rings. The largest absolute Gasteiger partial charge is 0.391 e. The second-order valence-corrected chi connectivity index (χ2v) is 7.96. The van der Waals surface area contributed by atoms with Gasteiger partial charge in [-0.2, -0.15) is 0 Å². The first-order valence-corrected chi connectivity index (χ1v) is 10.2. The first-order valence-electron chi connectivity index (χ1n) is 10.2. The van der Waals surface area contributed by atoms with Gasteiger partial charge in [0.05, 0.1) is 17.8 Å². The van der Waals surface area contributed by atoms with Crippen LogP contribution in [0, 0.1) is 6.92 Å². The number of benzene rings is 1. The standard InChI is InChI=1S/C23H27N3O2/c1-15-10-11-16(14-24-15)12-17-13-21(25-19-7-3-2-6-18(17)19)23(28)26-20-8-4-5-9-22(20)27/h2-3,6-7,10-11,14,17,20,22,27H,4-5,8-9,12-13H2,1H3,(H,26,28). The lowest BCUT2D eigenvalue weighted by Crippen LogP contribution is -2.47. The smallest absolute Gasteiger partial charge is 0.266 e. The molecule has 3 atom stereocenters. The quantitative estimate of drug-likeness (QED) is 0.855. The molecular formula is C23H27N3O2. The number of carbonyl (C=O) groups is 1. The number of amides is 1. The van der Waals surface area contributed by atoms with E-state index in [2.05, 4.69) is 27.4 Å². The van der Waals surface area contributed by atoms with Crippen molar-refractivity contribution in [3.05, 3.63) is 59.4 Å². The van der Waals surface area contributed by atoms with Crippen molar-refractivity contribution in [3.63, 3.8) is 0 Å². The number of nitrogens with zero attached hydrogens (tertiary/aromatic N) is 2.